The molecule has 106 valence electrons. The summed E-state index contributed by atoms with van der Waals surface area (Å²) in [5.74, 6) is 3.83. The van der Waals surface area contributed by atoms with E-state index in [-0.39, 0.29) is 17.1 Å². The number of rotatable bonds is 5. The summed E-state index contributed by atoms with van der Waals surface area (Å²) in [5.41, 5.74) is 2.23. The Balaban J connectivity index is 2.16. The van der Waals surface area contributed by atoms with Gasteiger partial charge in [0.25, 0.3) is 0 Å². The number of hydrazine groups is 1. The lowest BCUT2D eigenvalue weighted by Gasteiger charge is -2.17. The van der Waals surface area contributed by atoms with Crippen LogP contribution in [0.2, 0.25) is 0 Å². The van der Waals surface area contributed by atoms with Crippen LogP contribution in [-0.2, 0) is 0 Å². The van der Waals surface area contributed by atoms with Gasteiger partial charge in [-0.2, -0.15) is 0 Å². The number of nitrogens with two attached hydrogens (primary N) is 1. The molecule has 1 atom stereocenters. The maximum Gasteiger partial charge on any atom is 0.136 e. The minimum Gasteiger partial charge on any atom is -0.271 e. The predicted molar refractivity (Wildman–Crippen MR) is 73.5 cm³/mol. The zero-order valence-electron chi connectivity index (χ0n) is 10.4. The average Bonchev–Trinajstić information content (AvgIpc) is 2.43. The summed E-state index contributed by atoms with van der Waals surface area (Å²) >= 11 is 1.14. The highest BCUT2D eigenvalue weighted by molar-refractivity contribution is 7.99. The molecule has 0 bridgehead atoms. The van der Waals surface area contributed by atoms with Crippen molar-refractivity contribution in [1.29, 1.82) is 0 Å². The molecular weight excluding hydrogens is 285 g/mol. The Kier molecular flexibility index (Phi) is 5.05. The first-order valence-corrected chi connectivity index (χ1v) is 6.89. The molecule has 0 aliphatic rings. The van der Waals surface area contributed by atoms with E-state index in [0.717, 1.165) is 23.9 Å². The number of nitrogens with one attached hydrogen (secondary N) is 1. The van der Waals surface area contributed by atoms with Crippen molar-refractivity contribution in [2.75, 3.05) is 5.75 Å². The number of hydrogen-bond donors (Lipinski definition) is 2. The molecule has 0 radical (unpaired) electrons. The van der Waals surface area contributed by atoms with E-state index in [4.69, 9.17) is 5.84 Å². The molecule has 0 heterocycles. The van der Waals surface area contributed by atoms with Gasteiger partial charge in [0.1, 0.15) is 17.5 Å². The van der Waals surface area contributed by atoms with Gasteiger partial charge in [-0.3, -0.25) is 11.3 Å². The van der Waals surface area contributed by atoms with Crippen molar-refractivity contribution in [3.63, 3.8) is 0 Å². The summed E-state index contributed by atoms with van der Waals surface area (Å²) in [4.78, 5) is 0.407. The Morgan fingerprint density at radius 1 is 0.950 bits per heavy atom. The molecule has 0 aliphatic carbocycles. The summed E-state index contributed by atoms with van der Waals surface area (Å²) in [5, 5.41) is 0. The largest absolute Gasteiger partial charge is 0.271 e. The average molecular weight is 298 g/mol. The van der Waals surface area contributed by atoms with Gasteiger partial charge in [0.2, 0.25) is 0 Å². The van der Waals surface area contributed by atoms with Gasteiger partial charge in [-0.05, 0) is 24.3 Å². The number of hydrogen-bond acceptors (Lipinski definition) is 3. The Labute approximate surface area is 119 Å². The Hall–Kier alpha value is -1.50. The zero-order chi connectivity index (χ0) is 14.5. The van der Waals surface area contributed by atoms with Crippen LogP contribution in [0, 0.1) is 17.5 Å². The van der Waals surface area contributed by atoms with Crippen LogP contribution in [0.4, 0.5) is 13.2 Å². The van der Waals surface area contributed by atoms with Gasteiger partial charge in [-0.1, -0.05) is 18.2 Å². The van der Waals surface area contributed by atoms with Crippen LogP contribution in [0.15, 0.2) is 47.4 Å². The second-order valence-electron chi connectivity index (χ2n) is 4.10. The zero-order valence-corrected chi connectivity index (χ0v) is 11.3. The first-order valence-electron chi connectivity index (χ1n) is 5.91. The fourth-order valence-corrected chi connectivity index (χ4v) is 2.78. The molecule has 2 nitrogen and oxygen atoms in total. The van der Waals surface area contributed by atoms with Gasteiger partial charge in [-0.25, -0.2) is 13.2 Å². The number of halogens is 3. The predicted octanol–water partition coefficient (Wildman–Crippen LogP) is 3.40. The Morgan fingerprint density at radius 3 is 2.15 bits per heavy atom. The van der Waals surface area contributed by atoms with Gasteiger partial charge in [0.15, 0.2) is 0 Å². The molecule has 0 saturated carbocycles. The van der Waals surface area contributed by atoms with Crippen molar-refractivity contribution in [3.8, 4) is 0 Å². The second-order valence-corrected chi connectivity index (χ2v) is 5.16. The molecule has 20 heavy (non-hydrogen) atoms. The standard InChI is InChI=1S/C14H13F3N2S/c15-9-4-1-2-7-13(9)20-8-12(19-18)14-10(16)5-3-6-11(14)17/h1-7,12,19H,8,18H2. The van der Waals surface area contributed by atoms with Crippen LogP contribution < -0.4 is 11.3 Å². The summed E-state index contributed by atoms with van der Waals surface area (Å²) < 4.78 is 40.8. The Morgan fingerprint density at radius 2 is 1.55 bits per heavy atom. The fraction of sp³-hybridized carbons (Fsp3) is 0.143. The lowest BCUT2D eigenvalue weighted by Crippen LogP contribution is -2.31. The molecule has 0 saturated heterocycles. The highest BCUT2D eigenvalue weighted by Crippen LogP contribution is 2.28. The van der Waals surface area contributed by atoms with Crippen LogP contribution in [-0.4, -0.2) is 5.75 Å². The van der Waals surface area contributed by atoms with E-state index in [1.807, 2.05) is 0 Å². The third-order valence-corrected chi connectivity index (χ3v) is 3.93. The molecule has 1 unspecified atom stereocenters. The molecule has 2 rings (SSSR count). The van der Waals surface area contributed by atoms with Gasteiger partial charge in [-0.15, -0.1) is 11.8 Å². The van der Waals surface area contributed by atoms with Crippen molar-refractivity contribution in [3.05, 3.63) is 65.5 Å². The van der Waals surface area contributed by atoms with Crippen LogP contribution in [0.25, 0.3) is 0 Å². The van der Waals surface area contributed by atoms with Crippen molar-refractivity contribution >= 4 is 11.8 Å². The second kappa shape index (κ2) is 6.78. The van der Waals surface area contributed by atoms with E-state index in [1.54, 1.807) is 18.2 Å². The lowest BCUT2D eigenvalue weighted by atomic mass is 10.1. The van der Waals surface area contributed by atoms with E-state index in [0.29, 0.717) is 4.90 Å². The molecule has 0 amide bonds. The molecule has 0 fully saturated rings. The lowest BCUT2D eigenvalue weighted by molar-refractivity contribution is 0.499. The van der Waals surface area contributed by atoms with E-state index in [9.17, 15) is 13.2 Å². The van der Waals surface area contributed by atoms with Crippen LogP contribution in [0.1, 0.15) is 11.6 Å². The van der Waals surface area contributed by atoms with Gasteiger partial charge >= 0.3 is 0 Å². The van der Waals surface area contributed by atoms with Crippen molar-refractivity contribution in [2.24, 2.45) is 5.84 Å². The van der Waals surface area contributed by atoms with Crippen LogP contribution in [0.5, 0.6) is 0 Å². The normalized spacial score (nSPS) is 12.4. The van der Waals surface area contributed by atoms with Crippen LogP contribution >= 0.6 is 11.8 Å². The summed E-state index contributed by atoms with van der Waals surface area (Å²) in [6.07, 6.45) is 0. The topological polar surface area (TPSA) is 38.0 Å². The van der Waals surface area contributed by atoms with Crippen molar-refractivity contribution in [2.45, 2.75) is 10.9 Å². The summed E-state index contributed by atoms with van der Waals surface area (Å²) in [6, 6.07) is 9.07. The van der Waals surface area contributed by atoms with E-state index >= 15 is 0 Å². The molecule has 3 N–H and O–H groups in total. The van der Waals surface area contributed by atoms with E-state index < -0.39 is 17.7 Å². The van der Waals surface area contributed by atoms with Gasteiger partial charge in [0.05, 0.1) is 6.04 Å². The molecule has 6 heteroatoms. The number of thioether (sulfide) groups is 1. The highest BCUT2D eigenvalue weighted by atomic mass is 32.2. The molecule has 0 aliphatic heterocycles. The van der Waals surface area contributed by atoms with Gasteiger partial charge < -0.3 is 0 Å². The third-order valence-electron chi connectivity index (χ3n) is 2.79. The van der Waals surface area contributed by atoms with Gasteiger partial charge in [0, 0.05) is 16.2 Å². The smallest absolute Gasteiger partial charge is 0.136 e. The molecule has 2 aromatic carbocycles. The van der Waals surface area contributed by atoms with E-state index in [2.05, 4.69) is 5.43 Å². The quantitative estimate of drug-likeness (QED) is 0.505. The SMILES string of the molecule is NNC(CSc1ccccc1F)c1c(F)cccc1F. The molecular formula is C14H13F3N2S. The third kappa shape index (κ3) is 3.33. The molecule has 2 aromatic rings. The van der Waals surface area contributed by atoms with Crippen molar-refractivity contribution < 1.29 is 13.2 Å². The first kappa shape index (κ1) is 14.9. The fourth-order valence-electron chi connectivity index (χ4n) is 1.79. The molecule has 0 aromatic heterocycles. The highest BCUT2D eigenvalue weighted by Gasteiger charge is 2.19. The minimum absolute atomic E-state index is 0.140. The van der Waals surface area contributed by atoms with Crippen LogP contribution in [0.3, 0.4) is 0 Å². The monoisotopic (exact) mass is 298 g/mol. The Bertz CT molecular complexity index is 572. The summed E-state index contributed by atoms with van der Waals surface area (Å²) in [7, 11) is 0. The maximum atomic E-state index is 13.7. The maximum absolute atomic E-state index is 13.7. The van der Waals surface area contributed by atoms with Crippen molar-refractivity contribution in [1.82, 2.24) is 5.43 Å². The summed E-state index contributed by atoms with van der Waals surface area (Å²) in [6.45, 7) is 0. The van der Waals surface area contributed by atoms with E-state index in [1.165, 1.54) is 12.1 Å². The minimum atomic E-state index is -0.749. The number of benzene rings is 2. The first-order chi connectivity index (χ1) is 9.63. The molecule has 0 spiro atoms.